The molecule has 0 aromatic carbocycles. The van der Waals surface area contributed by atoms with E-state index in [4.69, 9.17) is 10.5 Å². The molecular weight excluding hydrogens is 254 g/mol. The van der Waals surface area contributed by atoms with Crippen LogP contribution in [0.25, 0.3) is 11.1 Å². The van der Waals surface area contributed by atoms with Gasteiger partial charge in [-0.1, -0.05) is 0 Å². The minimum Gasteiger partial charge on any atom is -0.494 e. The molecule has 5 heteroatoms. The lowest BCUT2D eigenvalue weighted by atomic mass is 9.97. The number of pyridine rings is 2. The molecule has 2 aromatic rings. The standard InChI is InChI=1S/C15H15N3O2/c1-20-12-8-17-6-4-10(12)11-5-7-18-14(9-2-3-9)13(11)15(16)19/h4-9H,2-3H2,1H3,(H2,16,19). The van der Waals surface area contributed by atoms with E-state index in [1.807, 2.05) is 6.07 Å². The van der Waals surface area contributed by atoms with Crippen molar-refractivity contribution in [3.05, 3.63) is 42.0 Å². The highest BCUT2D eigenvalue weighted by Crippen LogP contribution is 2.43. The molecule has 1 aliphatic carbocycles. The van der Waals surface area contributed by atoms with Crippen LogP contribution < -0.4 is 10.5 Å². The van der Waals surface area contributed by atoms with Crippen LogP contribution in [0.5, 0.6) is 5.75 Å². The van der Waals surface area contributed by atoms with E-state index in [0.717, 1.165) is 29.7 Å². The summed E-state index contributed by atoms with van der Waals surface area (Å²) < 4.78 is 5.32. The third kappa shape index (κ3) is 2.11. The van der Waals surface area contributed by atoms with Gasteiger partial charge in [0, 0.05) is 29.4 Å². The number of nitrogens with two attached hydrogens (primary N) is 1. The Bertz CT molecular complexity index is 666. The van der Waals surface area contributed by atoms with Crippen LogP contribution in [-0.2, 0) is 0 Å². The van der Waals surface area contributed by atoms with Gasteiger partial charge in [0.05, 0.1) is 24.6 Å². The maximum Gasteiger partial charge on any atom is 0.251 e. The first-order valence-corrected chi connectivity index (χ1v) is 6.49. The van der Waals surface area contributed by atoms with Crippen molar-refractivity contribution < 1.29 is 9.53 Å². The summed E-state index contributed by atoms with van der Waals surface area (Å²) in [6.07, 6.45) is 7.13. The Morgan fingerprint density at radius 2 is 2.05 bits per heavy atom. The molecule has 1 fully saturated rings. The highest BCUT2D eigenvalue weighted by Gasteiger charge is 2.31. The van der Waals surface area contributed by atoms with Crippen molar-refractivity contribution in [3.63, 3.8) is 0 Å². The average molecular weight is 269 g/mol. The second-order valence-electron chi connectivity index (χ2n) is 4.83. The number of hydrogen-bond donors (Lipinski definition) is 1. The van der Waals surface area contributed by atoms with Gasteiger partial charge in [-0.3, -0.25) is 14.8 Å². The first-order valence-electron chi connectivity index (χ1n) is 6.49. The van der Waals surface area contributed by atoms with Gasteiger partial charge in [0.15, 0.2) is 0 Å². The normalized spacial score (nSPS) is 14.1. The molecule has 2 heterocycles. The van der Waals surface area contributed by atoms with Crippen molar-refractivity contribution >= 4 is 5.91 Å². The van der Waals surface area contributed by atoms with E-state index in [9.17, 15) is 4.79 Å². The monoisotopic (exact) mass is 269 g/mol. The Morgan fingerprint density at radius 3 is 2.70 bits per heavy atom. The van der Waals surface area contributed by atoms with Gasteiger partial charge in [-0.25, -0.2) is 0 Å². The summed E-state index contributed by atoms with van der Waals surface area (Å²) in [5.74, 6) is 0.516. The Balaban J connectivity index is 2.22. The van der Waals surface area contributed by atoms with Crippen molar-refractivity contribution in [3.8, 4) is 16.9 Å². The smallest absolute Gasteiger partial charge is 0.251 e. The minimum atomic E-state index is -0.450. The van der Waals surface area contributed by atoms with Crippen molar-refractivity contribution in [1.29, 1.82) is 0 Å². The quantitative estimate of drug-likeness (QED) is 0.922. The number of ether oxygens (including phenoxy) is 1. The Hall–Kier alpha value is -2.43. The SMILES string of the molecule is COc1cnccc1-c1ccnc(C2CC2)c1C(N)=O. The highest BCUT2D eigenvalue weighted by atomic mass is 16.5. The summed E-state index contributed by atoms with van der Waals surface area (Å²) in [5, 5.41) is 0. The lowest BCUT2D eigenvalue weighted by molar-refractivity contribution is 0.0999. The fourth-order valence-corrected chi connectivity index (χ4v) is 2.39. The molecule has 20 heavy (non-hydrogen) atoms. The number of primary amides is 1. The number of aromatic nitrogens is 2. The fourth-order valence-electron chi connectivity index (χ4n) is 2.39. The van der Waals surface area contributed by atoms with Gasteiger partial charge in [-0.2, -0.15) is 0 Å². The van der Waals surface area contributed by atoms with Gasteiger partial charge in [0.25, 0.3) is 5.91 Å². The predicted molar refractivity (Wildman–Crippen MR) is 74.5 cm³/mol. The van der Waals surface area contributed by atoms with Crippen LogP contribution >= 0.6 is 0 Å². The molecule has 102 valence electrons. The molecule has 1 amide bonds. The summed E-state index contributed by atoms with van der Waals surface area (Å²) in [7, 11) is 1.58. The third-order valence-electron chi connectivity index (χ3n) is 3.49. The van der Waals surface area contributed by atoms with Gasteiger partial charge in [0.1, 0.15) is 5.75 Å². The van der Waals surface area contributed by atoms with E-state index in [2.05, 4.69) is 9.97 Å². The number of nitrogens with zero attached hydrogens (tertiary/aromatic N) is 2. The van der Waals surface area contributed by atoms with Gasteiger partial charge < -0.3 is 10.5 Å². The van der Waals surface area contributed by atoms with Crippen molar-refractivity contribution in [1.82, 2.24) is 9.97 Å². The second kappa shape index (κ2) is 4.92. The Morgan fingerprint density at radius 1 is 1.30 bits per heavy atom. The number of hydrogen-bond acceptors (Lipinski definition) is 4. The molecule has 0 aliphatic heterocycles. The second-order valence-corrected chi connectivity index (χ2v) is 4.83. The molecule has 0 atom stereocenters. The maximum atomic E-state index is 11.9. The van der Waals surface area contributed by atoms with Crippen LogP contribution in [-0.4, -0.2) is 23.0 Å². The summed E-state index contributed by atoms with van der Waals surface area (Å²) in [5.41, 5.74) is 8.44. The zero-order valence-electron chi connectivity index (χ0n) is 11.2. The molecule has 0 bridgehead atoms. The van der Waals surface area contributed by atoms with Crippen LogP contribution in [0.2, 0.25) is 0 Å². The molecule has 5 nitrogen and oxygen atoms in total. The number of rotatable bonds is 4. The molecule has 3 rings (SSSR count). The molecule has 0 spiro atoms. The van der Waals surface area contributed by atoms with Gasteiger partial charge in [0.2, 0.25) is 0 Å². The Kier molecular flexibility index (Phi) is 3.10. The summed E-state index contributed by atoms with van der Waals surface area (Å²) in [6, 6.07) is 3.61. The average Bonchev–Trinajstić information content (AvgIpc) is 3.31. The molecule has 2 aromatic heterocycles. The van der Waals surface area contributed by atoms with Crippen LogP contribution in [0.3, 0.4) is 0 Å². The van der Waals surface area contributed by atoms with Crippen LogP contribution in [0, 0.1) is 0 Å². The number of amides is 1. The molecule has 0 saturated heterocycles. The predicted octanol–water partition coefficient (Wildman–Crippen LogP) is 2.13. The lowest BCUT2D eigenvalue weighted by Gasteiger charge is -2.13. The number of methoxy groups -OCH3 is 1. The third-order valence-corrected chi connectivity index (χ3v) is 3.49. The van der Waals surface area contributed by atoms with E-state index in [-0.39, 0.29) is 0 Å². The van der Waals surface area contributed by atoms with Crippen molar-refractivity contribution in [2.45, 2.75) is 18.8 Å². The topological polar surface area (TPSA) is 78.1 Å². The van der Waals surface area contributed by atoms with E-state index < -0.39 is 5.91 Å². The Labute approximate surface area is 116 Å². The largest absolute Gasteiger partial charge is 0.494 e. The maximum absolute atomic E-state index is 11.9. The first-order chi connectivity index (χ1) is 9.72. The minimum absolute atomic E-state index is 0.352. The lowest BCUT2D eigenvalue weighted by Crippen LogP contribution is -2.16. The van der Waals surface area contributed by atoms with Crippen molar-refractivity contribution in [2.24, 2.45) is 5.73 Å². The molecular formula is C15H15N3O2. The van der Waals surface area contributed by atoms with Crippen LogP contribution in [0.4, 0.5) is 0 Å². The number of carbonyl (C=O) groups is 1. The summed E-state index contributed by atoms with van der Waals surface area (Å²) in [4.78, 5) is 20.2. The zero-order valence-corrected chi connectivity index (χ0v) is 11.2. The van der Waals surface area contributed by atoms with E-state index in [1.54, 1.807) is 31.8 Å². The van der Waals surface area contributed by atoms with Crippen LogP contribution in [0.15, 0.2) is 30.7 Å². The van der Waals surface area contributed by atoms with Gasteiger partial charge in [-0.05, 0) is 25.0 Å². The number of carbonyl (C=O) groups excluding carboxylic acids is 1. The summed E-state index contributed by atoms with van der Waals surface area (Å²) in [6.45, 7) is 0. The van der Waals surface area contributed by atoms with E-state index in [0.29, 0.717) is 17.2 Å². The van der Waals surface area contributed by atoms with Gasteiger partial charge >= 0.3 is 0 Å². The first kappa shape index (κ1) is 12.6. The molecule has 1 saturated carbocycles. The molecule has 2 N–H and O–H groups in total. The van der Waals surface area contributed by atoms with E-state index >= 15 is 0 Å². The highest BCUT2D eigenvalue weighted by molar-refractivity contribution is 6.01. The molecule has 0 radical (unpaired) electrons. The van der Waals surface area contributed by atoms with E-state index in [1.165, 1.54) is 0 Å². The zero-order chi connectivity index (χ0) is 14.1. The van der Waals surface area contributed by atoms with Crippen LogP contribution in [0.1, 0.15) is 34.8 Å². The van der Waals surface area contributed by atoms with Crippen molar-refractivity contribution in [2.75, 3.05) is 7.11 Å². The molecule has 1 aliphatic rings. The summed E-state index contributed by atoms with van der Waals surface area (Å²) >= 11 is 0. The molecule has 0 unspecified atom stereocenters. The van der Waals surface area contributed by atoms with Gasteiger partial charge in [-0.15, -0.1) is 0 Å². The fraction of sp³-hybridized carbons (Fsp3) is 0.267.